The molecule has 0 aliphatic heterocycles. The van der Waals surface area contributed by atoms with Crippen LogP contribution in [0.5, 0.6) is 0 Å². The first-order chi connectivity index (χ1) is 6.77. The van der Waals surface area contributed by atoms with Crippen LogP contribution in [0.3, 0.4) is 0 Å². The van der Waals surface area contributed by atoms with E-state index >= 15 is 0 Å². The molecule has 1 unspecified atom stereocenters. The van der Waals surface area contributed by atoms with Crippen LogP contribution in [0.4, 0.5) is 0 Å². The van der Waals surface area contributed by atoms with E-state index in [0.717, 1.165) is 19.5 Å². The van der Waals surface area contributed by atoms with Crippen LogP contribution in [0.15, 0.2) is 25.2 Å². The van der Waals surface area contributed by atoms with Gasteiger partial charge < -0.3 is 9.88 Å². The number of hydrogen-bond donors (Lipinski definition) is 1. The minimum absolute atomic E-state index is 0.347. The molecule has 1 atom stereocenters. The third-order valence-electron chi connectivity index (χ3n) is 2.22. The van der Waals surface area contributed by atoms with Crippen molar-refractivity contribution >= 4 is 0 Å². The predicted octanol–water partition coefficient (Wildman–Crippen LogP) is 1.96. The molecule has 3 heteroatoms. The topological polar surface area (TPSA) is 29.9 Å². The highest BCUT2D eigenvalue weighted by Gasteiger charge is 2.01. The summed E-state index contributed by atoms with van der Waals surface area (Å²) >= 11 is 0. The Kier molecular flexibility index (Phi) is 4.40. The molecular weight excluding hydrogens is 174 g/mol. The molecule has 3 nitrogen and oxygen atoms in total. The van der Waals surface area contributed by atoms with E-state index in [9.17, 15) is 0 Å². The minimum Gasteiger partial charge on any atom is -0.333 e. The fourth-order valence-electron chi connectivity index (χ4n) is 1.29. The smallest absolute Gasteiger partial charge is 0.0948 e. The van der Waals surface area contributed by atoms with Gasteiger partial charge in [0.15, 0.2) is 0 Å². The van der Waals surface area contributed by atoms with Crippen molar-refractivity contribution in [3.8, 4) is 0 Å². The predicted molar refractivity (Wildman–Crippen MR) is 59.0 cm³/mol. The highest BCUT2D eigenvalue weighted by atomic mass is 15.1. The Morgan fingerprint density at radius 3 is 3.14 bits per heavy atom. The molecule has 0 aliphatic carbocycles. The van der Waals surface area contributed by atoms with Gasteiger partial charge in [-0.05, 0) is 13.3 Å². The summed E-state index contributed by atoms with van der Waals surface area (Å²) in [4.78, 5) is 4.14. The molecule has 0 radical (unpaired) electrons. The van der Waals surface area contributed by atoms with Gasteiger partial charge in [0.1, 0.15) is 0 Å². The van der Waals surface area contributed by atoms with Gasteiger partial charge in [-0.2, -0.15) is 0 Å². The van der Waals surface area contributed by atoms with Gasteiger partial charge in [-0.3, -0.25) is 0 Å². The molecule has 1 aromatic heterocycles. The zero-order chi connectivity index (χ0) is 10.4. The molecule has 0 aliphatic rings. The van der Waals surface area contributed by atoms with Crippen molar-refractivity contribution < 1.29 is 0 Å². The largest absolute Gasteiger partial charge is 0.333 e. The number of nitrogens with zero attached hydrogens (tertiary/aromatic N) is 2. The van der Waals surface area contributed by atoms with E-state index in [1.807, 2.05) is 18.6 Å². The lowest BCUT2D eigenvalue weighted by Crippen LogP contribution is -2.24. The van der Waals surface area contributed by atoms with Gasteiger partial charge in [0, 0.05) is 25.3 Å². The summed E-state index contributed by atoms with van der Waals surface area (Å²) in [7, 11) is 0. The van der Waals surface area contributed by atoms with Crippen molar-refractivity contribution in [3.63, 3.8) is 0 Å². The fourth-order valence-corrected chi connectivity index (χ4v) is 1.29. The van der Waals surface area contributed by atoms with Crippen molar-refractivity contribution in [2.75, 3.05) is 0 Å². The van der Waals surface area contributed by atoms with Gasteiger partial charge in [0.05, 0.1) is 12.0 Å². The SMILES string of the molecule is C=CC(C)NCc1cncn1CCC. The second kappa shape index (κ2) is 5.60. The van der Waals surface area contributed by atoms with Crippen LogP contribution in [-0.4, -0.2) is 15.6 Å². The molecule has 0 bridgehead atoms. The Hall–Kier alpha value is -1.09. The highest BCUT2D eigenvalue weighted by molar-refractivity contribution is 4.99. The van der Waals surface area contributed by atoms with E-state index in [1.54, 1.807) is 0 Å². The lowest BCUT2D eigenvalue weighted by molar-refractivity contribution is 0.578. The quantitative estimate of drug-likeness (QED) is 0.700. The van der Waals surface area contributed by atoms with Crippen molar-refractivity contribution in [1.82, 2.24) is 14.9 Å². The Labute approximate surface area is 85.8 Å². The third-order valence-corrected chi connectivity index (χ3v) is 2.22. The Balaban J connectivity index is 2.48. The summed E-state index contributed by atoms with van der Waals surface area (Å²) in [6.45, 7) is 9.89. The third kappa shape index (κ3) is 3.00. The van der Waals surface area contributed by atoms with E-state index in [-0.39, 0.29) is 0 Å². The molecule has 1 aromatic rings. The first kappa shape index (κ1) is 11.0. The molecule has 1 N–H and O–H groups in total. The summed E-state index contributed by atoms with van der Waals surface area (Å²) in [5.74, 6) is 0. The molecule has 0 saturated heterocycles. The van der Waals surface area contributed by atoms with Crippen LogP contribution in [0.25, 0.3) is 0 Å². The number of imidazole rings is 1. The zero-order valence-corrected chi connectivity index (χ0v) is 9.03. The van der Waals surface area contributed by atoms with E-state index in [0.29, 0.717) is 6.04 Å². The van der Waals surface area contributed by atoms with Crippen LogP contribution < -0.4 is 5.32 Å². The average molecular weight is 193 g/mol. The Bertz CT molecular complexity index is 278. The first-order valence-electron chi connectivity index (χ1n) is 5.12. The number of rotatable bonds is 6. The number of aromatic nitrogens is 2. The number of aryl methyl sites for hydroxylation is 1. The standard InChI is InChI=1S/C11H19N3/c1-4-6-14-9-12-7-11(14)8-13-10(3)5-2/h5,7,9-10,13H,2,4,6,8H2,1,3H3. The fraction of sp³-hybridized carbons (Fsp3) is 0.545. The number of hydrogen-bond acceptors (Lipinski definition) is 2. The van der Waals surface area contributed by atoms with Gasteiger partial charge >= 0.3 is 0 Å². The summed E-state index contributed by atoms with van der Waals surface area (Å²) < 4.78 is 2.18. The van der Waals surface area contributed by atoms with Crippen LogP contribution >= 0.6 is 0 Å². The maximum Gasteiger partial charge on any atom is 0.0948 e. The molecule has 0 saturated carbocycles. The van der Waals surface area contributed by atoms with Crippen LogP contribution in [0.1, 0.15) is 26.0 Å². The van der Waals surface area contributed by atoms with E-state index in [4.69, 9.17) is 0 Å². The lowest BCUT2D eigenvalue weighted by atomic mass is 10.3. The molecule has 0 aromatic carbocycles. The van der Waals surface area contributed by atoms with E-state index < -0.39 is 0 Å². The Morgan fingerprint density at radius 1 is 1.71 bits per heavy atom. The molecule has 1 rings (SSSR count). The van der Waals surface area contributed by atoms with Crippen LogP contribution in [0, 0.1) is 0 Å². The average Bonchev–Trinajstić information content (AvgIpc) is 2.62. The zero-order valence-electron chi connectivity index (χ0n) is 9.03. The second-order valence-electron chi connectivity index (χ2n) is 3.48. The second-order valence-corrected chi connectivity index (χ2v) is 3.48. The van der Waals surface area contributed by atoms with E-state index in [2.05, 4.69) is 35.3 Å². The van der Waals surface area contributed by atoms with Crippen molar-refractivity contribution in [3.05, 3.63) is 30.9 Å². The number of nitrogens with one attached hydrogen (secondary N) is 1. The maximum atomic E-state index is 4.14. The molecular formula is C11H19N3. The maximum absolute atomic E-state index is 4.14. The molecule has 14 heavy (non-hydrogen) atoms. The highest BCUT2D eigenvalue weighted by Crippen LogP contribution is 2.00. The van der Waals surface area contributed by atoms with Gasteiger partial charge in [0.2, 0.25) is 0 Å². The summed E-state index contributed by atoms with van der Waals surface area (Å²) in [6.07, 6.45) is 6.85. The van der Waals surface area contributed by atoms with Crippen LogP contribution in [-0.2, 0) is 13.1 Å². The van der Waals surface area contributed by atoms with Gasteiger partial charge in [-0.1, -0.05) is 13.0 Å². The van der Waals surface area contributed by atoms with Crippen LogP contribution in [0.2, 0.25) is 0 Å². The molecule has 78 valence electrons. The molecule has 0 fully saturated rings. The molecule has 0 spiro atoms. The monoisotopic (exact) mass is 193 g/mol. The summed E-state index contributed by atoms with van der Waals surface area (Å²) in [6, 6.07) is 0.347. The van der Waals surface area contributed by atoms with E-state index in [1.165, 1.54) is 5.69 Å². The molecule has 1 heterocycles. The van der Waals surface area contributed by atoms with Crippen molar-refractivity contribution in [2.45, 2.75) is 39.4 Å². The minimum atomic E-state index is 0.347. The lowest BCUT2D eigenvalue weighted by Gasteiger charge is -2.10. The normalized spacial score (nSPS) is 12.7. The van der Waals surface area contributed by atoms with Gasteiger partial charge in [-0.25, -0.2) is 4.98 Å². The Morgan fingerprint density at radius 2 is 2.50 bits per heavy atom. The summed E-state index contributed by atoms with van der Waals surface area (Å²) in [5.41, 5.74) is 1.24. The molecule has 0 amide bonds. The van der Waals surface area contributed by atoms with Gasteiger partial charge in [0.25, 0.3) is 0 Å². The van der Waals surface area contributed by atoms with Gasteiger partial charge in [-0.15, -0.1) is 6.58 Å². The van der Waals surface area contributed by atoms with Crippen molar-refractivity contribution in [1.29, 1.82) is 0 Å². The van der Waals surface area contributed by atoms with Crippen molar-refractivity contribution in [2.24, 2.45) is 0 Å². The first-order valence-corrected chi connectivity index (χ1v) is 5.12. The summed E-state index contributed by atoms with van der Waals surface area (Å²) in [5, 5.41) is 3.35.